The molecule has 0 aliphatic carbocycles. The van der Waals surface area contributed by atoms with Crippen molar-refractivity contribution in [3.63, 3.8) is 0 Å². The third-order valence-corrected chi connectivity index (χ3v) is 6.30. The average Bonchev–Trinajstić information content (AvgIpc) is 2.87. The normalized spacial score (nSPS) is 10.2. The number of rotatable bonds is 4. The molecule has 132 valence electrons. The third-order valence-electron chi connectivity index (χ3n) is 3.06. The smallest absolute Gasteiger partial charge is 0.348 e. The quantitative estimate of drug-likeness (QED) is 0.623. The number of ether oxygens (including phenoxy) is 1. The van der Waals surface area contributed by atoms with Gasteiger partial charge in [-0.2, -0.15) is 0 Å². The molecule has 0 bridgehead atoms. The maximum absolute atomic E-state index is 11.8. The zero-order valence-corrected chi connectivity index (χ0v) is 17.3. The highest BCUT2D eigenvalue weighted by molar-refractivity contribution is 9.13. The molecule has 25 heavy (non-hydrogen) atoms. The SMILES string of the molecule is Cc1ccc(NC(=O)NC(=O)COC(=O)c2cc(Br)c(Br)s2)c(C)c1. The van der Waals surface area contributed by atoms with Crippen LogP contribution >= 0.6 is 43.2 Å². The predicted octanol–water partition coefficient (Wildman–Crippen LogP) is 4.40. The fourth-order valence-corrected chi connectivity index (χ4v) is 3.85. The minimum Gasteiger partial charge on any atom is -0.451 e. The fourth-order valence-electron chi connectivity index (χ4n) is 1.92. The van der Waals surface area contributed by atoms with Gasteiger partial charge in [-0.05, 0) is 63.4 Å². The summed E-state index contributed by atoms with van der Waals surface area (Å²) in [5.74, 6) is -1.35. The molecule has 0 saturated heterocycles. The Bertz CT molecular complexity index is 816. The molecule has 0 aliphatic heterocycles. The van der Waals surface area contributed by atoms with Crippen LogP contribution in [0, 0.1) is 13.8 Å². The lowest BCUT2D eigenvalue weighted by molar-refractivity contribution is -0.123. The summed E-state index contributed by atoms with van der Waals surface area (Å²) in [6, 6.07) is 6.41. The van der Waals surface area contributed by atoms with Crippen molar-refractivity contribution >= 4 is 66.8 Å². The molecule has 0 unspecified atom stereocenters. The van der Waals surface area contributed by atoms with Crippen molar-refractivity contribution in [1.82, 2.24) is 5.32 Å². The number of carbonyl (C=O) groups is 3. The van der Waals surface area contributed by atoms with Gasteiger partial charge >= 0.3 is 12.0 Å². The predicted molar refractivity (Wildman–Crippen MR) is 103 cm³/mol. The molecular formula is C16H14Br2N2O4S. The van der Waals surface area contributed by atoms with E-state index in [1.807, 2.05) is 26.0 Å². The number of carbonyl (C=O) groups excluding carboxylic acids is 3. The lowest BCUT2D eigenvalue weighted by Crippen LogP contribution is -2.37. The van der Waals surface area contributed by atoms with Crippen molar-refractivity contribution in [2.45, 2.75) is 13.8 Å². The van der Waals surface area contributed by atoms with Gasteiger partial charge in [-0.3, -0.25) is 10.1 Å². The molecule has 6 nitrogen and oxygen atoms in total. The van der Waals surface area contributed by atoms with Crippen LogP contribution in [-0.4, -0.2) is 24.5 Å². The Hall–Kier alpha value is -1.71. The van der Waals surface area contributed by atoms with Crippen molar-refractivity contribution in [3.8, 4) is 0 Å². The third kappa shape index (κ3) is 5.65. The van der Waals surface area contributed by atoms with Crippen LogP contribution in [0.1, 0.15) is 20.8 Å². The van der Waals surface area contributed by atoms with Crippen LogP contribution in [-0.2, 0) is 9.53 Å². The minimum atomic E-state index is -0.717. The number of urea groups is 1. The van der Waals surface area contributed by atoms with E-state index in [2.05, 4.69) is 42.5 Å². The van der Waals surface area contributed by atoms with Gasteiger partial charge < -0.3 is 10.1 Å². The standard InChI is InChI=1S/C16H14Br2N2O4S/c1-8-3-4-11(9(2)5-8)19-16(23)20-13(21)7-24-15(22)12-6-10(17)14(18)25-12/h3-6H,7H2,1-2H3,(H2,19,20,21,23). The van der Waals surface area contributed by atoms with Gasteiger partial charge in [0.2, 0.25) is 0 Å². The second-order valence-corrected chi connectivity index (χ2v) is 8.35. The first-order chi connectivity index (χ1) is 11.8. The topological polar surface area (TPSA) is 84.5 Å². The number of amides is 3. The van der Waals surface area contributed by atoms with E-state index < -0.39 is 24.5 Å². The number of halogens is 2. The maximum atomic E-state index is 11.8. The van der Waals surface area contributed by atoms with E-state index in [0.29, 0.717) is 10.6 Å². The summed E-state index contributed by atoms with van der Waals surface area (Å²) in [4.78, 5) is 35.7. The second-order valence-electron chi connectivity index (χ2n) is 5.13. The highest BCUT2D eigenvalue weighted by Gasteiger charge is 2.16. The van der Waals surface area contributed by atoms with Crippen LogP contribution in [0.3, 0.4) is 0 Å². The van der Waals surface area contributed by atoms with Crippen LogP contribution < -0.4 is 10.6 Å². The van der Waals surface area contributed by atoms with Crippen molar-refractivity contribution in [2.24, 2.45) is 0 Å². The molecule has 1 aromatic heterocycles. The van der Waals surface area contributed by atoms with Gasteiger partial charge in [0, 0.05) is 10.2 Å². The largest absolute Gasteiger partial charge is 0.451 e. The van der Waals surface area contributed by atoms with E-state index in [0.717, 1.165) is 19.4 Å². The zero-order valence-electron chi connectivity index (χ0n) is 13.3. The van der Waals surface area contributed by atoms with Crippen molar-refractivity contribution in [3.05, 3.63) is 48.5 Å². The minimum absolute atomic E-state index is 0.339. The molecule has 0 atom stereocenters. The summed E-state index contributed by atoms with van der Waals surface area (Å²) in [6.45, 7) is 3.25. The molecule has 9 heteroatoms. The Morgan fingerprint density at radius 3 is 2.48 bits per heavy atom. The molecule has 0 radical (unpaired) electrons. The van der Waals surface area contributed by atoms with Gasteiger partial charge in [0.1, 0.15) is 4.88 Å². The first-order valence-corrected chi connectivity index (χ1v) is 9.46. The highest BCUT2D eigenvalue weighted by atomic mass is 79.9. The van der Waals surface area contributed by atoms with Gasteiger partial charge in [0.15, 0.2) is 6.61 Å². The van der Waals surface area contributed by atoms with Gasteiger partial charge in [-0.1, -0.05) is 17.7 Å². The summed E-state index contributed by atoms with van der Waals surface area (Å²) in [5.41, 5.74) is 2.54. The van der Waals surface area contributed by atoms with E-state index in [4.69, 9.17) is 4.74 Å². The number of hydrogen-bond donors (Lipinski definition) is 2. The molecule has 2 aromatic rings. The van der Waals surface area contributed by atoms with Gasteiger partial charge in [-0.15, -0.1) is 11.3 Å². The van der Waals surface area contributed by atoms with Gasteiger partial charge in [0.25, 0.3) is 5.91 Å². The van der Waals surface area contributed by atoms with Crippen molar-refractivity contribution < 1.29 is 19.1 Å². The number of thiophene rings is 1. The summed E-state index contributed by atoms with van der Waals surface area (Å²) >= 11 is 7.71. The summed E-state index contributed by atoms with van der Waals surface area (Å²) in [5, 5.41) is 4.69. The highest BCUT2D eigenvalue weighted by Crippen LogP contribution is 2.32. The number of esters is 1. The number of nitrogens with one attached hydrogen (secondary N) is 2. The molecule has 3 amide bonds. The number of imide groups is 1. The molecule has 0 saturated carbocycles. The Morgan fingerprint density at radius 1 is 1.16 bits per heavy atom. The van der Waals surface area contributed by atoms with Crippen molar-refractivity contribution in [2.75, 3.05) is 11.9 Å². The molecular weight excluding hydrogens is 476 g/mol. The van der Waals surface area contributed by atoms with E-state index >= 15 is 0 Å². The Balaban J connectivity index is 1.83. The Labute approximate surface area is 165 Å². The van der Waals surface area contributed by atoms with E-state index in [-0.39, 0.29) is 0 Å². The van der Waals surface area contributed by atoms with Crippen molar-refractivity contribution in [1.29, 1.82) is 0 Å². The molecule has 0 fully saturated rings. The number of aryl methyl sites for hydroxylation is 2. The van der Waals surface area contributed by atoms with Gasteiger partial charge in [0.05, 0.1) is 3.79 Å². The number of anilines is 1. The lowest BCUT2D eigenvalue weighted by Gasteiger charge is -2.10. The first-order valence-electron chi connectivity index (χ1n) is 7.06. The molecule has 2 N–H and O–H groups in total. The fraction of sp³-hybridized carbons (Fsp3) is 0.188. The van der Waals surface area contributed by atoms with Crippen LogP contribution in [0.4, 0.5) is 10.5 Å². The van der Waals surface area contributed by atoms with Crippen LogP contribution in [0.5, 0.6) is 0 Å². The monoisotopic (exact) mass is 488 g/mol. The second kappa shape index (κ2) is 8.59. The number of hydrogen-bond acceptors (Lipinski definition) is 5. The maximum Gasteiger partial charge on any atom is 0.348 e. The number of benzene rings is 1. The van der Waals surface area contributed by atoms with E-state index in [1.54, 1.807) is 12.1 Å². The molecule has 1 heterocycles. The van der Waals surface area contributed by atoms with Crippen LogP contribution in [0.2, 0.25) is 0 Å². The molecule has 1 aromatic carbocycles. The summed E-state index contributed by atoms with van der Waals surface area (Å²) in [6.07, 6.45) is 0. The average molecular weight is 490 g/mol. The summed E-state index contributed by atoms with van der Waals surface area (Å²) < 4.78 is 6.36. The Morgan fingerprint density at radius 2 is 1.88 bits per heavy atom. The first kappa shape index (κ1) is 19.6. The van der Waals surface area contributed by atoms with E-state index in [9.17, 15) is 14.4 Å². The molecule has 0 spiro atoms. The molecule has 0 aliphatic rings. The van der Waals surface area contributed by atoms with E-state index in [1.165, 1.54) is 11.3 Å². The zero-order chi connectivity index (χ0) is 18.6. The van der Waals surface area contributed by atoms with Crippen LogP contribution in [0.25, 0.3) is 0 Å². The summed E-state index contributed by atoms with van der Waals surface area (Å²) in [7, 11) is 0. The van der Waals surface area contributed by atoms with Gasteiger partial charge in [-0.25, -0.2) is 9.59 Å². The van der Waals surface area contributed by atoms with Crippen LogP contribution in [0.15, 0.2) is 32.5 Å². The lowest BCUT2D eigenvalue weighted by atomic mass is 10.1. The molecule has 2 rings (SSSR count). The Kier molecular flexibility index (Phi) is 6.74.